The molecule has 1 heterocycles. The van der Waals surface area contributed by atoms with Gasteiger partial charge in [-0.05, 0) is 54.0 Å². The van der Waals surface area contributed by atoms with E-state index >= 15 is 0 Å². The Bertz CT molecular complexity index is 1170. The molecule has 0 radical (unpaired) electrons. The predicted molar refractivity (Wildman–Crippen MR) is 120 cm³/mol. The van der Waals surface area contributed by atoms with E-state index in [-0.39, 0.29) is 17.4 Å². The lowest BCUT2D eigenvalue weighted by Gasteiger charge is -2.17. The minimum absolute atomic E-state index is 0.0316. The lowest BCUT2D eigenvalue weighted by Crippen LogP contribution is -2.35. The van der Waals surface area contributed by atoms with Crippen LogP contribution in [0.25, 0.3) is 0 Å². The molecule has 3 aromatic rings. The molecule has 31 heavy (non-hydrogen) atoms. The third-order valence-electron chi connectivity index (χ3n) is 6.03. The van der Waals surface area contributed by atoms with Gasteiger partial charge in [0, 0.05) is 7.05 Å². The number of benzene rings is 2. The number of fused-ring (bicyclic) bond motifs is 1. The van der Waals surface area contributed by atoms with Crippen molar-refractivity contribution in [3.8, 4) is 11.5 Å². The molecule has 6 nitrogen and oxygen atoms in total. The Morgan fingerprint density at radius 3 is 2.87 bits per heavy atom. The molecule has 1 amide bonds. The van der Waals surface area contributed by atoms with Gasteiger partial charge in [-0.2, -0.15) is 5.10 Å². The lowest BCUT2D eigenvalue weighted by atomic mass is 9.99. The summed E-state index contributed by atoms with van der Waals surface area (Å²) in [4.78, 5) is 26.0. The summed E-state index contributed by atoms with van der Waals surface area (Å²) in [6.45, 7) is 4.28. The van der Waals surface area contributed by atoms with Gasteiger partial charge in [-0.3, -0.25) is 9.59 Å². The number of carbonyl (C=O) groups is 1. The fraction of sp³-hybridized carbons (Fsp3) is 0.320. The normalized spacial score (nSPS) is 15.9. The topological polar surface area (TPSA) is 73.2 Å². The Morgan fingerprint density at radius 1 is 1.26 bits per heavy atom. The number of aromatic nitrogens is 2. The lowest BCUT2D eigenvalue weighted by molar-refractivity contribution is 0.0931. The van der Waals surface area contributed by atoms with Crippen molar-refractivity contribution >= 4 is 5.91 Å². The minimum atomic E-state index is -0.487. The van der Waals surface area contributed by atoms with Crippen molar-refractivity contribution in [2.45, 2.75) is 45.1 Å². The highest BCUT2D eigenvalue weighted by Gasteiger charge is 2.27. The second kappa shape index (κ2) is 8.76. The van der Waals surface area contributed by atoms with Crippen LogP contribution in [0.5, 0.6) is 11.5 Å². The van der Waals surface area contributed by atoms with Gasteiger partial charge in [-0.1, -0.05) is 50.2 Å². The SMILES string of the molecule is CCC(C)c1cccc(Oc2cnn(C)c(=O)c2C(=O)N[C@H]2CCc3ccccc32)c1. The van der Waals surface area contributed by atoms with Crippen molar-refractivity contribution in [3.05, 3.63) is 87.3 Å². The summed E-state index contributed by atoms with van der Waals surface area (Å²) >= 11 is 0. The number of rotatable bonds is 6. The molecule has 160 valence electrons. The molecule has 2 atom stereocenters. The summed E-state index contributed by atoms with van der Waals surface area (Å²) in [5.41, 5.74) is 2.96. The number of nitrogens with zero attached hydrogens (tertiary/aromatic N) is 2. The molecule has 1 aromatic heterocycles. The predicted octanol–water partition coefficient (Wildman–Crippen LogP) is 4.50. The number of hydrogen-bond donors (Lipinski definition) is 1. The Labute approximate surface area is 181 Å². The number of aryl methyl sites for hydroxylation is 2. The molecule has 6 heteroatoms. The largest absolute Gasteiger partial charge is 0.455 e. The van der Waals surface area contributed by atoms with Crippen LogP contribution < -0.4 is 15.6 Å². The highest BCUT2D eigenvalue weighted by Crippen LogP contribution is 2.32. The number of hydrogen-bond acceptors (Lipinski definition) is 4. The molecule has 2 aromatic carbocycles. The fourth-order valence-corrected chi connectivity index (χ4v) is 3.99. The van der Waals surface area contributed by atoms with Crippen LogP contribution in [0.2, 0.25) is 0 Å². The summed E-state index contributed by atoms with van der Waals surface area (Å²) in [6, 6.07) is 15.7. The van der Waals surface area contributed by atoms with Crippen molar-refractivity contribution in [2.75, 3.05) is 0 Å². The maximum Gasteiger partial charge on any atom is 0.283 e. The Kier molecular flexibility index (Phi) is 5.89. The average molecular weight is 418 g/mol. The van der Waals surface area contributed by atoms with E-state index in [4.69, 9.17) is 4.74 Å². The van der Waals surface area contributed by atoms with Crippen molar-refractivity contribution in [2.24, 2.45) is 7.05 Å². The van der Waals surface area contributed by atoms with Gasteiger partial charge in [0.15, 0.2) is 11.3 Å². The molecular weight excluding hydrogens is 390 g/mol. The second-order valence-corrected chi connectivity index (χ2v) is 8.06. The standard InChI is InChI=1S/C25H27N3O3/c1-4-16(2)18-9-7-10-19(14-18)31-22-15-26-28(3)25(30)23(22)24(29)27-21-13-12-17-8-5-6-11-20(17)21/h5-11,14-16,21H,4,12-13H2,1-3H3,(H,27,29)/t16?,21-/m0/s1. The minimum Gasteiger partial charge on any atom is -0.455 e. The third kappa shape index (κ3) is 4.24. The van der Waals surface area contributed by atoms with Crippen LogP contribution in [0.1, 0.15) is 65.7 Å². The smallest absolute Gasteiger partial charge is 0.283 e. The van der Waals surface area contributed by atoms with Gasteiger partial charge < -0.3 is 10.1 Å². The Morgan fingerprint density at radius 2 is 2.06 bits per heavy atom. The van der Waals surface area contributed by atoms with Crippen molar-refractivity contribution in [1.82, 2.24) is 15.1 Å². The zero-order valence-corrected chi connectivity index (χ0v) is 18.1. The first-order valence-corrected chi connectivity index (χ1v) is 10.7. The van der Waals surface area contributed by atoms with Crippen LogP contribution in [-0.2, 0) is 13.5 Å². The maximum atomic E-state index is 13.2. The van der Waals surface area contributed by atoms with Crippen LogP contribution >= 0.6 is 0 Å². The summed E-state index contributed by atoms with van der Waals surface area (Å²) in [5, 5.41) is 7.08. The van der Waals surface area contributed by atoms with Crippen LogP contribution in [-0.4, -0.2) is 15.7 Å². The average Bonchev–Trinajstić information content (AvgIpc) is 3.19. The molecule has 1 aliphatic rings. The zero-order chi connectivity index (χ0) is 22.0. The van der Waals surface area contributed by atoms with Crippen molar-refractivity contribution in [1.29, 1.82) is 0 Å². The van der Waals surface area contributed by atoms with Gasteiger partial charge in [0.1, 0.15) is 5.75 Å². The first kappa shape index (κ1) is 20.8. The maximum absolute atomic E-state index is 13.2. The van der Waals surface area contributed by atoms with E-state index in [1.807, 2.05) is 36.4 Å². The van der Waals surface area contributed by atoms with E-state index in [1.165, 1.54) is 18.8 Å². The molecule has 4 rings (SSSR count). The van der Waals surface area contributed by atoms with Crippen molar-refractivity contribution < 1.29 is 9.53 Å². The Hall–Kier alpha value is -3.41. The molecule has 0 bridgehead atoms. The zero-order valence-electron chi connectivity index (χ0n) is 18.1. The third-order valence-corrected chi connectivity index (χ3v) is 6.03. The summed E-state index contributed by atoms with van der Waals surface area (Å²) < 4.78 is 7.15. The number of amides is 1. The number of ether oxygens (including phenoxy) is 1. The van der Waals surface area contributed by atoms with E-state index in [0.717, 1.165) is 35.1 Å². The Balaban J connectivity index is 1.63. The van der Waals surface area contributed by atoms with E-state index in [1.54, 1.807) is 0 Å². The number of nitrogens with one attached hydrogen (secondary N) is 1. The van der Waals surface area contributed by atoms with Crippen LogP contribution in [0, 0.1) is 0 Å². The van der Waals surface area contributed by atoms with Gasteiger partial charge >= 0.3 is 0 Å². The molecule has 0 fully saturated rings. The molecule has 0 spiro atoms. The molecule has 0 saturated carbocycles. The molecular formula is C25H27N3O3. The summed E-state index contributed by atoms with van der Waals surface area (Å²) in [7, 11) is 1.53. The quantitative estimate of drug-likeness (QED) is 0.641. The number of carbonyl (C=O) groups excluding carboxylic acids is 1. The van der Waals surface area contributed by atoms with E-state index in [9.17, 15) is 9.59 Å². The molecule has 0 aliphatic heterocycles. The van der Waals surface area contributed by atoms with Gasteiger partial charge in [-0.25, -0.2) is 4.68 Å². The van der Waals surface area contributed by atoms with Crippen LogP contribution in [0.4, 0.5) is 0 Å². The first-order chi connectivity index (χ1) is 15.0. The van der Waals surface area contributed by atoms with Gasteiger partial charge in [0.25, 0.3) is 11.5 Å². The van der Waals surface area contributed by atoms with E-state index < -0.39 is 11.5 Å². The highest BCUT2D eigenvalue weighted by atomic mass is 16.5. The van der Waals surface area contributed by atoms with E-state index in [2.05, 4.69) is 36.4 Å². The molecule has 1 N–H and O–H groups in total. The highest BCUT2D eigenvalue weighted by molar-refractivity contribution is 5.96. The van der Waals surface area contributed by atoms with Gasteiger partial charge in [-0.15, -0.1) is 0 Å². The van der Waals surface area contributed by atoms with Crippen LogP contribution in [0.3, 0.4) is 0 Å². The fourth-order valence-electron chi connectivity index (χ4n) is 3.99. The van der Waals surface area contributed by atoms with E-state index in [0.29, 0.717) is 11.7 Å². The molecule has 0 saturated heterocycles. The first-order valence-electron chi connectivity index (χ1n) is 10.7. The second-order valence-electron chi connectivity index (χ2n) is 8.06. The van der Waals surface area contributed by atoms with Gasteiger partial charge in [0.05, 0.1) is 12.2 Å². The summed E-state index contributed by atoms with van der Waals surface area (Å²) in [5.74, 6) is 0.676. The monoisotopic (exact) mass is 417 g/mol. The van der Waals surface area contributed by atoms with Gasteiger partial charge in [0.2, 0.25) is 0 Å². The summed E-state index contributed by atoms with van der Waals surface area (Å²) in [6.07, 6.45) is 4.15. The molecule has 1 aliphatic carbocycles. The van der Waals surface area contributed by atoms with Crippen LogP contribution in [0.15, 0.2) is 59.5 Å². The molecule has 1 unspecified atom stereocenters. The van der Waals surface area contributed by atoms with Crippen molar-refractivity contribution in [3.63, 3.8) is 0 Å².